The molecule has 0 spiro atoms. The van der Waals surface area contributed by atoms with E-state index in [2.05, 4.69) is 62.1 Å². The largest absolute Gasteiger partial charge is 0.375 e. The Hall–Kier alpha value is -2.96. The molecule has 1 N–H and O–H groups in total. The van der Waals surface area contributed by atoms with Crippen LogP contribution in [0.4, 0.5) is 5.69 Å². The molecule has 0 unspecified atom stereocenters. The van der Waals surface area contributed by atoms with Crippen LogP contribution in [-0.4, -0.2) is 74.1 Å². The number of nitrogens with zero attached hydrogens (tertiary/aromatic N) is 5. The topological polar surface area (TPSA) is 56.1 Å². The van der Waals surface area contributed by atoms with Crippen molar-refractivity contribution in [2.75, 3.05) is 52.7 Å². The molecule has 0 aliphatic carbocycles. The van der Waals surface area contributed by atoms with Crippen LogP contribution >= 0.6 is 0 Å². The van der Waals surface area contributed by atoms with E-state index in [1.165, 1.54) is 11.4 Å². The number of hydrogen-bond donors (Lipinski definition) is 1. The predicted molar refractivity (Wildman–Crippen MR) is 120 cm³/mol. The molecule has 1 aromatic heterocycles. The Labute approximate surface area is 174 Å². The van der Waals surface area contributed by atoms with Gasteiger partial charge in [0.25, 0.3) is 0 Å². The first-order valence-corrected chi connectivity index (χ1v) is 9.94. The third-order valence-electron chi connectivity index (χ3n) is 4.83. The molecule has 0 saturated heterocycles. The van der Waals surface area contributed by atoms with Gasteiger partial charge in [0.1, 0.15) is 6.54 Å². The summed E-state index contributed by atoms with van der Waals surface area (Å²) in [6.07, 6.45) is 2.99. The third-order valence-corrected chi connectivity index (χ3v) is 4.83. The van der Waals surface area contributed by atoms with E-state index >= 15 is 0 Å². The van der Waals surface area contributed by atoms with Crippen molar-refractivity contribution in [3.8, 4) is 0 Å². The maximum absolute atomic E-state index is 12.0. The van der Waals surface area contributed by atoms with E-state index in [-0.39, 0.29) is 12.5 Å². The molecule has 2 rings (SSSR count). The number of nitrogens with one attached hydrogen (secondary N) is 1. The van der Waals surface area contributed by atoms with Crippen molar-refractivity contribution in [1.82, 2.24) is 19.7 Å². The van der Waals surface area contributed by atoms with Gasteiger partial charge in [-0.05, 0) is 30.7 Å². The highest BCUT2D eigenvalue weighted by Gasteiger charge is 2.11. The summed E-state index contributed by atoms with van der Waals surface area (Å²) >= 11 is 0. The predicted octanol–water partition coefficient (Wildman–Crippen LogP) is 2.02. The van der Waals surface area contributed by atoms with Crippen molar-refractivity contribution >= 4 is 17.6 Å². The van der Waals surface area contributed by atoms with Crippen LogP contribution in [0.5, 0.6) is 0 Å². The van der Waals surface area contributed by atoms with Crippen molar-refractivity contribution in [3.05, 3.63) is 54.4 Å². The normalized spacial score (nSPS) is 11.3. The SMILES string of the molecule is CN(C)C(=O)CN=C(NCCCN(C)c1ccccc1)N(C)Cc1cccn1C. The Morgan fingerprint density at radius 3 is 2.41 bits per heavy atom. The molecule has 1 amide bonds. The zero-order valence-corrected chi connectivity index (χ0v) is 18.3. The highest BCUT2D eigenvalue weighted by molar-refractivity contribution is 5.84. The highest BCUT2D eigenvalue weighted by atomic mass is 16.2. The molecule has 0 fully saturated rings. The van der Waals surface area contributed by atoms with Gasteiger partial charge in [-0.2, -0.15) is 0 Å². The maximum atomic E-state index is 12.0. The number of aliphatic imine (C=N–C) groups is 1. The summed E-state index contributed by atoms with van der Waals surface area (Å²) in [5.74, 6) is 0.726. The highest BCUT2D eigenvalue weighted by Crippen LogP contribution is 2.10. The van der Waals surface area contributed by atoms with Crippen molar-refractivity contribution in [3.63, 3.8) is 0 Å². The van der Waals surface area contributed by atoms with Gasteiger partial charge in [0.05, 0.1) is 6.54 Å². The van der Waals surface area contributed by atoms with Crippen LogP contribution in [-0.2, 0) is 18.4 Å². The number of aromatic nitrogens is 1. The summed E-state index contributed by atoms with van der Waals surface area (Å²) in [5.41, 5.74) is 2.39. The number of benzene rings is 1. The number of carbonyl (C=O) groups is 1. The second kappa shape index (κ2) is 11.1. The molecule has 0 saturated carbocycles. The Balaban J connectivity index is 1.92. The Morgan fingerprint density at radius 2 is 1.79 bits per heavy atom. The molecule has 1 aromatic carbocycles. The number of amides is 1. The summed E-state index contributed by atoms with van der Waals surface area (Å²) in [6, 6.07) is 14.5. The number of para-hydroxylation sites is 1. The van der Waals surface area contributed by atoms with Crippen molar-refractivity contribution in [1.29, 1.82) is 0 Å². The first-order chi connectivity index (χ1) is 13.9. The Kier molecular flexibility index (Phi) is 8.58. The van der Waals surface area contributed by atoms with Crippen LogP contribution in [0.3, 0.4) is 0 Å². The molecule has 0 radical (unpaired) electrons. The molecule has 158 valence electrons. The lowest BCUT2D eigenvalue weighted by molar-refractivity contribution is -0.127. The standard InChI is InChI=1S/C22H34N6O/c1-25(2)21(29)17-24-22(28(5)18-20-13-9-15-27(20)4)23-14-10-16-26(3)19-11-7-6-8-12-19/h6-9,11-13,15H,10,14,16-18H2,1-5H3,(H,23,24). The van der Waals surface area contributed by atoms with Gasteiger partial charge in [0.15, 0.2) is 5.96 Å². The number of rotatable bonds is 9. The van der Waals surface area contributed by atoms with Crippen molar-refractivity contribution < 1.29 is 4.79 Å². The van der Waals surface area contributed by atoms with E-state index in [0.29, 0.717) is 0 Å². The van der Waals surface area contributed by atoms with Crippen LogP contribution in [0.2, 0.25) is 0 Å². The van der Waals surface area contributed by atoms with Crippen molar-refractivity contribution in [2.24, 2.45) is 12.0 Å². The molecular formula is C22H34N6O. The van der Waals surface area contributed by atoms with Crippen LogP contribution < -0.4 is 10.2 Å². The minimum atomic E-state index is -0.0135. The molecule has 29 heavy (non-hydrogen) atoms. The van der Waals surface area contributed by atoms with Gasteiger partial charge in [-0.25, -0.2) is 4.99 Å². The fourth-order valence-electron chi connectivity index (χ4n) is 2.90. The zero-order valence-electron chi connectivity index (χ0n) is 18.3. The maximum Gasteiger partial charge on any atom is 0.243 e. The Morgan fingerprint density at radius 1 is 1.07 bits per heavy atom. The van der Waals surface area contributed by atoms with Gasteiger partial charge >= 0.3 is 0 Å². The average Bonchev–Trinajstić information content (AvgIpc) is 3.11. The van der Waals surface area contributed by atoms with Gasteiger partial charge in [-0.15, -0.1) is 0 Å². The molecule has 7 nitrogen and oxygen atoms in total. The van der Waals surface area contributed by atoms with Crippen LogP contribution in [0.25, 0.3) is 0 Å². The van der Waals surface area contributed by atoms with E-state index in [1.54, 1.807) is 19.0 Å². The summed E-state index contributed by atoms with van der Waals surface area (Å²) < 4.78 is 2.09. The lowest BCUT2D eigenvalue weighted by Crippen LogP contribution is -2.41. The number of hydrogen-bond acceptors (Lipinski definition) is 3. The number of carbonyl (C=O) groups excluding carboxylic acids is 1. The molecule has 1 heterocycles. The number of anilines is 1. The van der Waals surface area contributed by atoms with Crippen molar-refractivity contribution in [2.45, 2.75) is 13.0 Å². The fraction of sp³-hybridized carbons (Fsp3) is 0.455. The van der Waals surface area contributed by atoms with Gasteiger partial charge < -0.3 is 24.6 Å². The molecule has 0 aliphatic heterocycles. The monoisotopic (exact) mass is 398 g/mol. The number of likely N-dealkylation sites (N-methyl/N-ethyl adjacent to an activating group) is 1. The van der Waals surface area contributed by atoms with E-state index in [0.717, 1.165) is 32.0 Å². The van der Waals surface area contributed by atoms with E-state index < -0.39 is 0 Å². The number of guanidine groups is 1. The molecule has 0 aliphatic rings. The average molecular weight is 399 g/mol. The minimum Gasteiger partial charge on any atom is -0.375 e. The first kappa shape index (κ1) is 22.3. The third kappa shape index (κ3) is 7.18. The lowest BCUT2D eigenvalue weighted by Gasteiger charge is -2.24. The fourth-order valence-corrected chi connectivity index (χ4v) is 2.90. The van der Waals surface area contributed by atoms with E-state index in [9.17, 15) is 4.79 Å². The second-order valence-electron chi connectivity index (χ2n) is 7.43. The Bertz CT molecular complexity index is 784. The summed E-state index contributed by atoms with van der Waals surface area (Å²) in [5, 5.41) is 3.42. The molecular weight excluding hydrogens is 364 g/mol. The van der Waals surface area contributed by atoms with Gasteiger partial charge in [0.2, 0.25) is 5.91 Å². The minimum absolute atomic E-state index is 0.0135. The van der Waals surface area contributed by atoms with E-state index in [1.807, 2.05) is 32.4 Å². The molecule has 0 atom stereocenters. The molecule has 2 aromatic rings. The first-order valence-electron chi connectivity index (χ1n) is 9.94. The second-order valence-corrected chi connectivity index (χ2v) is 7.43. The van der Waals surface area contributed by atoms with Crippen LogP contribution in [0.1, 0.15) is 12.1 Å². The quantitative estimate of drug-likeness (QED) is 0.399. The van der Waals surface area contributed by atoms with Gasteiger partial charge in [-0.1, -0.05) is 18.2 Å². The molecule has 0 bridgehead atoms. The van der Waals surface area contributed by atoms with Crippen LogP contribution in [0, 0.1) is 0 Å². The lowest BCUT2D eigenvalue weighted by atomic mass is 10.3. The number of aryl methyl sites for hydroxylation is 1. The van der Waals surface area contributed by atoms with Gasteiger partial charge in [-0.3, -0.25) is 4.79 Å². The smallest absolute Gasteiger partial charge is 0.243 e. The molecule has 7 heteroatoms. The summed E-state index contributed by atoms with van der Waals surface area (Å²) in [7, 11) is 9.62. The zero-order chi connectivity index (χ0) is 21.2. The summed E-state index contributed by atoms with van der Waals surface area (Å²) in [4.78, 5) is 22.4. The van der Waals surface area contributed by atoms with Gasteiger partial charge in [0, 0.05) is 65.9 Å². The van der Waals surface area contributed by atoms with Crippen LogP contribution in [0.15, 0.2) is 53.7 Å². The van der Waals surface area contributed by atoms with E-state index in [4.69, 9.17) is 0 Å². The summed E-state index contributed by atoms with van der Waals surface area (Å²) in [6.45, 7) is 2.57.